The van der Waals surface area contributed by atoms with E-state index < -0.39 is 10.0 Å². The predicted molar refractivity (Wildman–Crippen MR) is 88.7 cm³/mol. The molecular formula is C17H25NO4S. The SMILES string of the molecule is CCOC(=O)C1CCc2cc(S(=O)(=O)N(CC)CC)ccc2C1. The molecule has 1 atom stereocenters. The van der Waals surface area contributed by atoms with Crippen molar-refractivity contribution < 1.29 is 17.9 Å². The first kappa shape index (κ1) is 17.9. The molecule has 0 radical (unpaired) electrons. The zero-order valence-corrected chi connectivity index (χ0v) is 14.9. The van der Waals surface area contributed by atoms with Crippen LogP contribution >= 0.6 is 0 Å². The second kappa shape index (κ2) is 7.45. The van der Waals surface area contributed by atoms with Crippen molar-refractivity contribution in [3.8, 4) is 0 Å². The van der Waals surface area contributed by atoms with Gasteiger partial charge in [-0.2, -0.15) is 4.31 Å². The molecule has 5 nitrogen and oxygen atoms in total. The number of rotatable bonds is 6. The minimum Gasteiger partial charge on any atom is -0.466 e. The van der Waals surface area contributed by atoms with E-state index in [4.69, 9.17) is 4.74 Å². The van der Waals surface area contributed by atoms with Crippen LogP contribution in [0.25, 0.3) is 0 Å². The zero-order valence-electron chi connectivity index (χ0n) is 14.0. The highest BCUT2D eigenvalue weighted by atomic mass is 32.2. The minimum absolute atomic E-state index is 0.118. The number of hydrogen-bond donors (Lipinski definition) is 0. The monoisotopic (exact) mass is 339 g/mol. The van der Waals surface area contributed by atoms with Crippen LogP contribution in [-0.4, -0.2) is 38.4 Å². The summed E-state index contributed by atoms with van der Waals surface area (Å²) in [5, 5.41) is 0. The van der Waals surface area contributed by atoms with Crippen molar-refractivity contribution >= 4 is 16.0 Å². The smallest absolute Gasteiger partial charge is 0.309 e. The van der Waals surface area contributed by atoms with Crippen LogP contribution in [0, 0.1) is 5.92 Å². The maximum absolute atomic E-state index is 12.6. The fraction of sp³-hybridized carbons (Fsp3) is 0.588. The van der Waals surface area contributed by atoms with Gasteiger partial charge in [0.2, 0.25) is 10.0 Å². The first-order chi connectivity index (χ1) is 10.9. The predicted octanol–water partition coefficient (Wildman–Crippen LogP) is 2.39. The summed E-state index contributed by atoms with van der Waals surface area (Å²) in [5.41, 5.74) is 2.08. The molecule has 1 aliphatic rings. The normalized spacial score (nSPS) is 17.8. The highest BCUT2D eigenvalue weighted by Crippen LogP contribution is 2.29. The molecule has 0 saturated heterocycles. The number of carbonyl (C=O) groups excluding carboxylic acids is 1. The van der Waals surface area contributed by atoms with Gasteiger partial charge >= 0.3 is 5.97 Å². The summed E-state index contributed by atoms with van der Waals surface area (Å²) in [6.45, 7) is 6.79. The first-order valence-corrected chi connectivity index (χ1v) is 9.66. The molecule has 1 unspecified atom stereocenters. The van der Waals surface area contributed by atoms with Crippen LogP contribution in [-0.2, 0) is 32.4 Å². The summed E-state index contributed by atoms with van der Waals surface area (Å²) in [4.78, 5) is 12.2. The maximum Gasteiger partial charge on any atom is 0.309 e. The number of ether oxygens (including phenoxy) is 1. The van der Waals surface area contributed by atoms with Gasteiger partial charge in [-0.25, -0.2) is 8.42 Å². The second-order valence-corrected chi connectivity index (χ2v) is 7.65. The van der Waals surface area contributed by atoms with Gasteiger partial charge in [0.1, 0.15) is 0 Å². The summed E-state index contributed by atoms with van der Waals surface area (Å²) in [6.07, 6.45) is 2.04. The van der Waals surface area contributed by atoms with Crippen LogP contribution in [0.1, 0.15) is 38.3 Å². The lowest BCUT2D eigenvalue weighted by Crippen LogP contribution is -2.31. The molecular weight excluding hydrogens is 314 g/mol. The van der Waals surface area contributed by atoms with Gasteiger partial charge in [0, 0.05) is 13.1 Å². The molecule has 1 aromatic rings. The van der Waals surface area contributed by atoms with E-state index in [9.17, 15) is 13.2 Å². The number of hydrogen-bond acceptors (Lipinski definition) is 4. The quantitative estimate of drug-likeness (QED) is 0.747. The van der Waals surface area contributed by atoms with Crippen molar-refractivity contribution in [2.24, 2.45) is 5.92 Å². The Morgan fingerprint density at radius 1 is 1.22 bits per heavy atom. The maximum atomic E-state index is 12.6. The summed E-state index contributed by atoms with van der Waals surface area (Å²) in [5.74, 6) is -0.273. The van der Waals surface area contributed by atoms with Crippen molar-refractivity contribution in [1.29, 1.82) is 0 Å². The van der Waals surface area contributed by atoms with Gasteiger partial charge in [0.15, 0.2) is 0 Å². The third-order valence-electron chi connectivity index (χ3n) is 4.37. The van der Waals surface area contributed by atoms with Gasteiger partial charge < -0.3 is 4.74 Å². The molecule has 1 aromatic carbocycles. The molecule has 0 saturated carbocycles. The molecule has 0 amide bonds. The number of nitrogens with zero attached hydrogens (tertiary/aromatic N) is 1. The van der Waals surface area contributed by atoms with Crippen LogP contribution in [0.3, 0.4) is 0 Å². The van der Waals surface area contributed by atoms with Crippen LogP contribution < -0.4 is 0 Å². The Hall–Kier alpha value is -1.40. The summed E-state index contributed by atoms with van der Waals surface area (Å²) >= 11 is 0. The molecule has 2 rings (SSSR count). The fourth-order valence-electron chi connectivity index (χ4n) is 3.07. The number of carbonyl (C=O) groups is 1. The Kier molecular flexibility index (Phi) is 5.81. The van der Waals surface area contributed by atoms with Crippen LogP contribution in [0.15, 0.2) is 23.1 Å². The molecule has 0 bridgehead atoms. The fourth-order valence-corrected chi connectivity index (χ4v) is 4.57. The first-order valence-electron chi connectivity index (χ1n) is 8.22. The lowest BCUT2D eigenvalue weighted by Gasteiger charge is -2.24. The number of esters is 1. The summed E-state index contributed by atoms with van der Waals surface area (Å²) < 4.78 is 31.7. The van der Waals surface area contributed by atoms with Gasteiger partial charge in [-0.05, 0) is 49.4 Å². The topological polar surface area (TPSA) is 63.7 Å². The lowest BCUT2D eigenvalue weighted by atomic mass is 9.84. The lowest BCUT2D eigenvalue weighted by molar-refractivity contribution is -0.148. The highest BCUT2D eigenvalue weighted by Gasteiger charge is 2.28. The molecule has 0 fully saturated rings. The van der Waals surface area contributed by atoms with Crippen molar-refractivity contribution in [1.82, 2.24) is 4.31 Å². The van der Waals surface area contributed by atoms with Gasteiger partial charge in [0.25, 0.3) is 0 Å². The summed E-state index contributed by atoms with van der Waals surface area (Å²) in [6, 6.07) is 5.27. The van der Waals surface area contributed by atoms with Gasteiger partial charge in [-0.1, -0.05) is 19.9 Å². The van der Waals surface area contributed by atoms with Crippen molar-refractivity contribution in [3.63, 3.8) is 0 Å². The molecule has 23 heavy (non-hydrogen) atoms. The Labute approximate surface area is 138 Å². The minimum atomic E-state index is -3.43. The largest absolute Gasteiger partial charge is 0.466 e. The van der Waals surface area contributed by atoms with Crippen LogP contribution in [0.4, 0.5) is 0 Å². The third-order valence-corrected chi connectivity index (χ3v) is 6.42. The molecule has 1 aliphatic carbocycles. The summed E-state index contributed by atoms with van der Waals surface area (Å²) in [7, 11) is -3.43. The molecule has 0 aromatic heterocycles. The number of benzene rings is 1. The van der Waals surface area contributed by atoms with Crippen molar-refractivity contribution in [3.05, 3.63) is 29.3 Å². The van der Waals surface area contributed by atoms with Gasteiger partial charge in [0.05, 0.1) is 17.4 Å². The Bertz CT molecular complexity index is 665. The van der Waals surface area contributed by atoms with E-state index in [0.717, 1.165) is 11.1 Å². The average molecular weight is 339 g/mol. The molecule has 128 valence electrons. The third kappa shape index (κ3) is 3.75. The van der Waals surface area contributed by atoms with Gasteiger partial charge in [-0.3, -0.25) is 4.79 Å². The van der Waals surface area contributed by atoms with Crippen LogP contribution in [0.2, 0.25) is 0 Å². The van der Waals surface area contributed by atoms with E-state index in [-0.39, 0.29) is 11.9 Å². The number of sulfonamides is 1. The average Bonchev–Trinajstić information content (AvgIpc) is 2.55. The van der Waals surface area contributed by atoms with E-state index in [0.29, 0.717) is 43.9 Å². The molecule has 0 heterocycles. The van der Waals surface area contributed by atoms with E-state index >= 15 is 0 Å². The standard InChI is InChI=1S/C17H25NO4S/c1-4-18(5-2)23(20,21)16-10-9-13-11-15(17(19)22-6-3)8-7-14(13)12-16/h9-10,12,15H,4-8,11H2,1-3H3. The van der Waals surface area contributed by atoms with E-state index in [1.807, 2.05) is 19.9 Å². The second-order valence-electron chi connectivity index (χ2n) is 5.71. The van der Waals surface area contributed by atoms with Crippen molar-refractivity contribution in [2.75, 3.05) is 19.7 Å². The van der Waals surface area contributed by atoms with Crippen molar-refractivity contribution in [2.45, 2.75) is 44.9 Å². The Balaban J connectivity index is 2.24. The Morgan fingerprint density at radius 2 is 1.91 bits per heavy atom. The van der Waals surface area contributed by atoms with Crippen LogP contribution in [0.5, 0.6) is 0 Å². The van der Waals surface area contributed by atoms with Gasteiger partial charge in [-0.15, -0.1) is 0 Å². The zero-order chi connectivity index (χ0) is 17.0. The highest BCUT2D eigenvalue weighted by molar-refractivity contribution is 7.89. The van der Waals surface area contributed by atoms with E-state index in [1.54, 1.807) is 19.1 Å². The van der Waals surface area contributed by atoms with E-state index in [1.165, 1.54) is 4.31 Å². The molecule has 0 spiro atoms. The molecule has 0 aliphatic heterocycles. The molecule has 6 heteroatoms. The molecule has 0 N–H and O–H groups in total. The Morgan fingerprint density at radius 3 is 2.52 bits per heavy atom. The number of fused-ring (bicyclic) bond motifs is 1. The number of aryl methyl sites for hydroxylation is 1. The van der Waals surface area contributed by atoms with E-state index in [2.05, 4.69) is 0 Å².